The van der Waals surface area contributed by atoms with E-state index in [2.05, 4.69) is 31.2 Å². The summed E-state index contributed by atoms with van der Waals surface area (Å²) < 4.78 is 2.77. The minimum atomic E-state index is -0.106. The zero-order valence-corrected chi connectivity index (χ0v) is 11.2. The smallest absolute Gasteiger partial charge is 0.192 e. The van der Waals surface area contributed by atoms with Crippen molar-refractivity contribution < 1.29 is 21.2 Å². The van der Waals surface area contributed by atoms with E-state index in [1.807, 2.05) is 29.5 Å². The lowest BCUT2D eigenvalue weighted by Gasteiger charge is -1.85. The van der Waals surface area contributed by atoms with Crippen LogP contribution in [-0.4, -0.2) is 0 Å². The Hall–Kier alpha value is -0.860. The molecule has 1 nitrogen and oxygen atoms in total. The number of aryl methyl sites for hydroxylation is 1. The monoisotopic (exact) mass is 326 g/mol. The van der Waals surface area contributed by atoms with Gasteiger partial charge in [0.2, 0.25) is 2.88 Å². The topological polar surface area (TPSA) is 23.8 Å². The normalized spacial score (nSPS) is 9.87. The molecule has 0 bridgehead atoms. The molecular weight excluding hydrogens is 317 g/mol. The summed E-state index contributed by atoms with van der Waals surface area (Å²) in [7, 11) is 0. The van der Waals surface area contributed by atoms with Crippen LogP contribution in [0.1, 0.15) is 10.4 Å². The first-order chi connectivity index (χ1) is 7.28. The van der Waals surface area contributed by atoms with Gasteiger partial charge in [-0.3, -0.25) is 0 Å². The molecule has 0 atom stereocenters. The van der Waals surface area contributed by atoms with Crippen LogP contribution < -0.4 is 21.2 Å². The van der Waals surface area contributed by atoms with E-state index in [1.165, 1.54) is 11.3 Å². The number of hydrogen-bond donors (Lipinski definition) is 0. The van der Waals surface area contributed by atoms with E-state index in [-0.39, 0.29) is 21.2 Å². The number of thiophene rings is 1. The predicted octanol–water partition coefficient (Wildman–Crippen LogP) is 0.0566. The SMILES string of the molecule is Cc1ccc([I+]c2cccc(C#N)c2)s1. The van der Waals surface area contributed by atoms with E-state index in [0.29, 0.717) is 0 Å². The molecule has 3 heteroatoms. The van der Waals surface area contributed by atoms with Crippen LogP contribution in [0.15, 0.2) is 36.4 Å². The quantitative estimate of drug-likeness (QED) is 0.716. The summed E-state index contributed by atoms with van der Waals surface area (Å²) in [6.45, 7) is 2.13. The summed E-state index contributed by atoms with van der Waals surface area (Å²) >= 11 is 1.76. The lowest BCUT2D eigenvalue weighted by molar-refractivity contribution is -0.591. The van der Waals surface area contributed by atoms with E-state index in [9.17, 15) is 0 Å². The molecule has 1 aromatic carbocycles. The van der Waals surface area contributed by atoms with E-state index in [0.717, 1.165) is 5.56 Å². The number of nitriles is 1. The second-order valence-corrected chi connectivity index (χ2v) is 8.03. The van der Waals surface area contributed by atoms with E-state index in [4.69, 9.17) is 5.26 Å². The van der Waals surface area contributed by atoms with Gasteiger partial charge in [-0.25, -0.2) is 0 Å². The Balaban J connectivity index is 2.21. The molecular formula is C12H9INS+. The zero-order valence-electron chi connectivity index (χ0n) is 8.20. The third-order valence-electron chi connectivity index (χ3n) is 1.86. The average molecular weight is 326 g/mol. The summed E-state index contributed by atoms with van der Waals surface area (Å²) in [6, 6.07) is 14.5. The fraction of sp³-hybridized carbons (Fsp3) is 0.0833. The number of hydrogen-bond acceptors (Lipinski definition) is 2. The maximum Gasteiger partial charge on any atom is 0.369 e. The molecule has 0 aliphatic carbocycles. The molecule has 74 valence electrons. The molecule has 0 saturated carbocycles. The number of rotatable bonds is 2. The van der Waals surface area contributed by atoms with Crippen molar-refractivity contribution in [2.45, 2.75) is 6.92 Å². The predicted molar refractivity (Wildman–Crippen MR) is 57.6 cm³/mol. The van der Waals surface area contributed by atoms with Gasteiger partial charge in [0.15, 0.2) is 3.57 Å². The summed E-state index contributed by atoms with van der Waals surface area (Å²) in [4.78, 5) is 1.36. The van der Waals surface area contributed by atoms with Gasteiger partial charge in [-0.2, -0.15) is 5.26 Å². The van der Waals surface area contributed by atoms with Gasteiger partial charge in [0.1, 0.15) is 0 Å². The average Bonchev–Trinajstić information content (AvgIpc) is 2.64. The third kappa shape index (κ3) is 2.80. The molecule has 0 spiro atoms. The molecule has 2 rings (SSSR count). The molecule has 0 fully saturated rings. The Morgan fingerprint density at radius 2 is 2.13 bits per heavy atom. The van der Waals surface area contributed by atoms with Gasteiger partial charge < -0.3 is 0 Å². The van der Waals surface area contributed by atoms with Crippen molar-refractivity contribution in [3.8, 4) is 6.07 Å². The van der Waals surface area contributed by atoms with Crippen molar-refractivity contribution >= 4 is 11.3 Å². The molecule has 1 aromatic heterocycles. The second-order valence-electron chi connectivity index (χ2n) is 3.07. The fourth-order valence-electron chi connectivity index (χ4n) is 1.18. The minimum absolute atomic E-state index is 0.106. The maximum atomic E-state index is 8.80. The second kappa shape index (κ2) is 4.77. The van der Waals surface area contributed by atoms with Gasteiger partial charge in [-0.05, 0) is 25.1 Å². The van der Waals surface area contributed by atoms with E-state index < -0.39 is 0 Å². The third-order valence-corrected chi connectivity index (χ3v) is 6.02. The molecule has 0 amide bonds. The lowest BCUT2D eigenvalue weighted by Crippen LogP contribution is -3.61. The number of nitrogens with zero attached hydrogens (tertiary/aromatic N) is 1. The largest absolute Gasteiger partial charge is 0.369 e. The molecule has 15 heavy (non-hydrogen) atoms. The molecule has 0 saturated heterocycles. The van der Waals surface area contributed by atoms with E-state index >= 15 is 0 Å². The van der Waals surface area contributed by atoms with Gasteiger partial charge in [-0.15, -0.1) is 0 Å². The van der Waals surface area contributed by atoms with Crippen LogP contribution in [-0.2, 0) is 0 Å². The molecule has 0 N–H and O–H groups in total. The first-order valence-corrected chi connectivity index (χ1v) is 7.47. The Morgan fingerprint density at radius 3 is 2.80 bits per heavy atom. The molecule has 0 unspecified atom stereocenters. The molecule has 0 radical (unpaired) electrons. The number of halogens is 1. The molecule has 1 heterocycles. The van der Waals surface area contributed by atoms with Crippen LogP contribution in [0, 0.1) is 24.7 Å². The van der Waals surface area contributed by atoms with Gasteiger partial charge in [0.05, 0.1) is 11.6 Å². The van der Waals surface area contributed by atoms with Crippen molar-refractivity contribution in [2.24, 2.45) is 0 Å². The van der Waals surface area contributed by atoms with Crippen LogP contribution in [0.25, 0.3) is 0 Å². The van der Waals surface area contributed by atoms with Crippen LogP contribution >= 0.6 is 11.3 Å². The molecule has 0 aliphatic heterocycles. The maximum absolute atomic E-state index is 8.80. The summed E-state index contributed by atoms with van der Waals surface area (Å²) in [5.74, 6) is 0. The van der Waals surface area contributed by atoms with Gasteiger partial charge >= 0.3 is 21.2 Å². The van der Waals surface area contributed by atoms with Gasteiger partial charge in [0.25, 0.3) is 0 Å². The number of benzene rings is 1. The highest BCUT2D eigenvalue weighted by atomic mass is 127. The lowest BCUT2D eigenvalue weighted by atomic mass is 10.2. The van der Waals surface area contributed by atoms with Gasteiger partial charge in [0, 0.05) is 17.0 Å². The Labute approximate surface area is 104 Å². The summed E-state index contributed by atoms with van der Waals surface area (Å²) in [5, 5.41) is 8.80. The van der Waals surface area contributed by atoms with Crippen LogP contribution in [0.5, 0.6) is 0 Å². The van der Waals surface area contributed by atoms with Crippen molar-refractivity contribution in [2.75, 3.05) is 0 Å². The standard InChI is InChI=1S/C12H9INS/c1-9-5-6-12(15-9)13-11-4-2-3-10(7-11)8-14/h2-7H,1H3/q+1. The van der Waals surface area contributed by atoms with E-state index in [1.54, 1.807) is 0 Å². The highest BCUT2D eigenvalue weighted by Gasteiger charge is 2.17. The van der Waals surface area contributed by atoms with Crippen molar-refractivity contribution in [3.63, 3.8) is 0 Å². The van der Waals surface area contributed by atoms with Crippen molar-refractivity contribution in [1.82, 2.24) is 0 Å². The Bertz CT molecular complexity index is 510. The van der Waals surface area contributed by atoms with Crippen LogP contribution in [0.4, 0.5) is 0 Å². The highest BCUT2D eigenvalue weighted by Crippen LogP contribution is 2.05. The van der Waals surface area contributed by atoms with Crippen LogP contribution in [0.3, 0.4) is 0 Å². The van der Waals surface area contributed by atoms with Crippen molar-refractivity contribution in [3.05, 3.63) is 53.3 Å². The molecule has 0 aliphatic rings. The summed E-state index contributed by atoms with van der Waals surface area (Å²) in [6.07, 6.45) is 0. The summed E-state index contributed by atoms with van der Waals surface area (Å²) in [5.41, 5.74) is 0.764. The first kappa shape index (κ1) is 10.7. The van der Waals surface area contributed by atoms with Crippen molar-refractivity contribution in [1.29, 1.82) is 5.26 Å². The van der Waals surface area contributed by atoms with Crippen LogP contribution in [0.2, 0.25) is 0 Å². The van der Waals surface area contributed by atoms with Gasteiger partial charge in [-0.1, -0.05) is 17.4 Å². The Morgan fingerprint density at radius 1 is 1.27 bits per heavy atom. The highest BCUT2D eigenvalue weighted by molar-refractivity contribution is 7.09. The minimum Gasteiger partial charge on any atom is -0.192 e. The fourth-order valence-corrected chi connectivity index (χ4v) is 5.62. The Kier molecular flexibility index (Phi) is 3.39. The first-order valence-electron chi connectivity index (χ1n) is 4.49. The zero-order chi connectivity index (χ0) is 10.7. The molecule has 2 aromatic rings.